The number of pyridine rings is 1. The monoisotopic (exact) mass is 205 g/mol. The van der Waals surface area contributed by atoms with E-state index < -0.39 is 0 Å². The van der Waals surface area contributed by atoms with E-state index in [-0.39, 0.29) is 0 Å². The molecule has 2 aliphatic heterocycles. The van der Waals surface area contributed by atoms with E-state index in [1.54, 1.807) is 0 Å². The number of morpholine rings is 1. The normalized spacial score (nSPS) is 26.0. The van der Waals surface area contributed by atoms with Crippen molar-refractivity contribution in [3.63, 3.8) is 0 Å². The van der Waals surface area contributed by atoms with Gasteiger partial charge < -0.3 is 10.1 Å². The smallest absolute Gasteiger partial charge is 0.0852 e. The Kier molecular flexibility index (Phi) is 2.31. The van der Waals surface area contributed by atoms with E-state index >= 15 is 0 Å². The molecule has 0 spiro atoms. The van der Waals surface area contributed by atoms with Crippen LogP contribution in [0.2, 0.25) is 0 Å². The van der Waals surface area contributed by atoms with Crippen molar-refractivity contribution in [3.8, 4) is 0 Å². The number of aromatic nitrogens is 1. The summed E-state index contributed by atoms with van der Waals surface area (Å²) in [6.45, 7) is 3.74. The first-order valence-electron chi connectivity index (χ1n) is 5.46. The van der Waals surface area contributed by atoms with Crippen LogP contribution >= 0.6 is 0 Å². The second-order valence-electron chi connectivity index (χ2n) is 4.01. The lowest BCUT2D eigenvalue weighted by Gasteiger charge is -2.32. The molecule has 1 atom stereocenters. The molecule has 0 aromatic carbocycles. The largest absolute Gasteiger partial charge is 0.379 e. The Labute approximate surface area is 89.3 Å². The Balaban J connectivity index is 1.72. The highest BCUT2D eigenvalue weighted by atomic mass is 16.5. The number of nitrogens with zero attached hydrogens (tertiary/aromatic N) is 2. The second kappa shape index (κ2) is 3.79. The van der Waals surface area contributed by atoms with E-state index in [2.05, 4.69) is 21.3 Å². The van der Waals surface area contributed by atoms with Crippen LogP contribution in [0.25, 0.3) is 0 Å². The first-order chi connectivity index (χ1) is 7.43. The summed E-state index contributed by atoms with van der Waals surface area (Å²) in [6, 6.07) is 4.08. The Morgan fingerprint density at radius 3 is 3.07 bits per heavy atom. The third kappa shape index (κ3) is 1.70. The van der Waals surface area contributed by atoms with E-state index in [9.17, 15) is 0 Å². The van der Waals surface area contributed by atoms with E-state index in [4.69, 9.17) is 4.74 Å². The quantitative estimate of drug-likeness (QED) is 0.732. The van der Waals surface area contributed by atoms with Crippen molar-refractivity contribution in [1.82, 2.24) is 9.88 Å². The van der Waals surface area contributed by atoms with E-state index in [1.807, 2.05) is 12.3 Å². The van der Waals surface area contributed by atoms with Crippen LogP contribution in [0.4, 0.5) is 5.69 Å². The first-order valence-corrected chi connectivity index (χ1v) is 5.46. The molecule has 4 nitrogen and oxygen atoms in total. The molecular weight excluding hydrogens is 190 g/mol. The molecule has 1 unspecified atom stereocenters. The van der Waals surface area contributed by atoms with Crippen LogP contribution in [0.1, 0.15) is 5.69 Å². The molecule has 2 aliphatic rings. The van der Waals surface area contributed by atoms with E-state index in [0.29, 0.717) is 6.17 Å². The number of rotatable bonds is 1. The zero-order chi connectivity index (χ0) is 10.1. The van der Waals surface area contributed by atoms with Crippen LogP contribution in [0.5, 0.6) is 0 Å². The SMILES string of the molecule is c1cnc2c(c1)NC(N1CCOCC1)C2. The third-order valence-corrected chi connectivity index (χ3v) is 3.09. The number of hydrogen-bond acceptors (Lipinski definition) is 4. The van der Waals surface area contributed by atoms with Gasteiger partial charge in [0.1, 0.15) is 0 Å². The topological polar surface area (TPSA) is 37.4 Å². The minimum absolute atomic E-state index is 0.416. The summed E-state index contributed by atoms with van der Waals surface area (Å²) in [5.41, 5.74) is 2.38. The number of fused-ring (bicyclic) bond motifs is 1. The number of ether oxygens (including phenoxy) is 1. The molecule has 3 rings (SSSR count). The van der Waals surface area contributed by atoms with E-state index in [0.717, 1.165) is 32.7 Å². The molecule has 1 fully saturated rings. The molecule has 3 heterocycles. The molecule has 0 aliphatic carbocycles. The van der Waals surface area contributed by atoms with Gasteiger partial charge in [-0.1, -0.05) is 0 Å². The number of nitrogens with one attached hydrogen (secondary N) is 1. The van der Waals surface area contributed by atoms with Gasteiger partial charge in [-0.05, 0) is 12.1 Å². The summed E-state index contributed by atoms with van der Waals surface area (Å²) >= 11 is 0. The maximum absolute atomic E-state index is 5.35. The maximum Gasteiger partial charge on any atom is 0.0852 e. The molecule has 0 saturated carbocycles. The number of anilines is 1. The van der Waals surface area contributed by atoms with Gasteiger partial charge in [-0.25, -0.2) is 0 Å². The van der Waals surface area contributed by atoms with E-state index in [1.165, 1.54) is 11.4 Å². The highest BCUT2D eigenvalue weighted by molar-refractivity contribution is 5.52. The number of hydrogen-bond donors (Lipinski definition) is 1. The van der Waals surface area contributed by atoms with Gasteiger partial charge >= 0.3 is 0 Å². The summed E-state index contributed by atoms with van der Waals surface area (Å²) in [7, 11) is 0. The third-order valence-electron chi connectivity index (χ3n) is 3.09. The average Bonchev–Trinajstić information content (AvgIpc) is 2.74. The summed E-state index contributed by atoms with van der Waals surface area (Å²) in [5, 5.41) is 3.51. The second-order valence-corrected chi connectivity index (χ2v) is 4.01. The van der Waals surface area contributed by atoms with Gasteiger partial charge in [0.25, 0.3) is 0 Å². The Morgan fingerprint density at radius 2 is 2.27 bits per heavy atom. The average molecular weight is 205 g/mol. The van der Waals surface area contributed by atoms with Gasteiger partial charge in [-0.2, -0.15) is 0 Å². The Morgan fingerprint density at radius 1 is 1.40 bits per heavy atom. The zero-order valence-electron chi connectivity index (χ0n) is 8.65. The van der Waals surface area contributed by atoms with Gasteiger partial charge in [0.15, 0.2) is 0 Å². The van der Waals surface area contributed by atoms with Crippen molar-refractivity contribution in [2.24, 2.45) is 0 Å². The Bertz CT molecular complexity index is 324. The zero-order valence-corrected chi connectivity index (χ0v) is 8.65. The van der Waals surface area contributed by atoms with Crippen molar-refractivity contribution < 1.29 is 4.74 Å². The molecule has 80 valence electrons. The summed E-state index contributed by atoms with van der Waals surface area (Å²) in [4.78, 5) is 6.82. The lowest BCUT2D eigenvalue weighted by atomic mass is 10.2. The molecule has 1 aromatic heterocycles. The Hall–Kier alpha value is -1.13. The van der Waals surface area contributed by atoms with Crippen LogP contribution in [0, 0.1) is 0 Å². The molecule has 1 N–H and O–H groups in total. The van der Waals surface area contributed by atoms with Crippen molar-refractivity contribution in [3.05, 3.63) is 24.0 Å². The van der Waals surface area contributed by atoms with Crippen LogP contribution in [0.15, 0.2) is 18.3 Å². The minimum atomic E-state index is 0.416. The summed E-state index contributed by atoms with van der Waals surface area (Å²) in [5.74, 6) is 0. The van der Waals surface area contributed by atoms with Crippen LogP contribution in [-0.4, -0.2) is 42.4 Å². The molecule has 0 bridgehead atoms. The highest BCUT2D eigenvalue weighted by Crippen LogP contribution is 2.25. The lowest BCUT2D eigenvalue weighted by molar-refractivity contribution is 0.0233. The molecule has 1 aromatic rings. The molecule has 0 amide bonds. The van der Waals surface area contributed by atoms with Crippen molar-refractivity contribution >= 4 is 5.69 Å². The first kappa shape index (κ1) is 9.12. The molecule has 15 heavy (non-hydrogen) atoms. The fourth-order valence-corrected chi connectivity index (χ4v) is 2.26. The fraction of sp³-hybridized carbons (Fsp3) is 0.545. The standard InChI is InChI=1S/C11H15N3O/c1-2-9-10(12-3-1)8-11(13-9)14-4-6-15-7-5-14/h1-3,11,13H,4-8H2. The van der Waals surface area contributed by atoms with Crippen LogP contribution in [0.3, 0.4) is 0 Å². The fourth-order valence-electron chi connectivity index (χ4n) is 2.26. The predicted octanol–water partition coefficient (Wildman–Crippen LogP) is 0.708. The minimum Gasteiger partial charge on any atom is -0.379 e. The highest BCUT2D eigenvalue weighted by Gasteiger charge is 2.27. The maximum atomic E-state index is 5.35. The lowest BCUT2D eigenvalue weighted by Crippen LogP contribution is -2.46. The van der Waals surface area contributed by atoms with Crippen molar-refractivity contribution in [1.29, 1.82) is 0 Å². The summed E-state index contributed by atoms with van der Waals surface area (Å²) < 4.78 is 5.35. The predicted molar refractivity (Wildman–Crippen MR) is 57.7 cm³/mol. The van der Waals surface area contributed by atoms with Gasteiger partial charge in [0.2, 0.25) is 0 Å². The van der Waals surface area contributed by atoms with Gasteiger partial charge in [-0.3, -0.25) is 9.88 Å². The summed E-state index contributed by atoms with van der Waals surface area (Å²) in [6.07, 6.45) is 3.29. The molecule has 0 radical (unpaired) electrons. The molecule has 4 heteroatoms. The van der Waals surface area contributed by atoms with Gasteiger partial charge in [0, 0.05) is 25.7 Å². The van der Waals surface area contributed by atoms with Crippen molar-refractivity contribution in [2.45, 2.75) is 12.6 Å². The van der Waals surface area contributed by atoms with Crippen LogP contribution in [-0.2, 0) is 11.2 Å². The van der Waals surface area contributed by atoms with Gasteiger partial charge in [0.05, 0.1) is 30.8 Å². The molecular formula is C11H15N3O. The van der Waals surface area contributed by atoms with Crippen molar-refractivity contribution in [2.75, 3.05) is 31.6 Å². The van der Waals surface area contributed by atoms with Crippen LogP contribution < -0.4 is 5.32 Å². The van der Waals surface area contributed by atoms with Gasteiger partial charge in [-0.15, -0.1) is 0 Å². The molecule has 1 saturated heterocycles.